The predicted octanol–water partition coefficient (Wildman–Crippen LogP) is 3.94. The molecule has 0 fully saturated rings. The summed E-state index contributed by atoms with van der Waals surface area (Å²) in [6.07, 6.45) is 0.351. The molecular formula is C15H12ClNO2S. The van der Waals surface area contributed by atoms with Crippen molar-refractivity contribution in [1.29, 1.82) is 0 Å². The summed E-state index contributed by atoms with van der Waals surface area (Å²) in [6, 6.07) is 6.89. The van der Waals surface area contributed by atoms with Gasteiger partial charge in [0.25, 0.3) is 5.91 Å². The van der Waals surface area contributed by atoms with Crippen molar-refractivity contribution >= 4 is 40.3 Å². The molecule has 3 rings (SSSR count). The van der Waals surface area contributed by atoms with Gasteiger partial charge in [0.15, 0.2) is 5.78 Å². The molecule has 1 aromatic heterocycles. The highest BCUT2D eigenvalue weighted by Crippen LogP contribution is 2.32. The first-order valence-corrected chi connectivity index (χ1v) is 7.52. The first-order valence-electron chi connectivity index (χ1n) is 6.26. The van der Waals surface area contributed by atoms with Crippen molar-refractivity contribution in [2.45, 2.75) is 13.3 Å². The largest absolute Gasteiger partial charge is 0.307 e. The smallest absolute Gasteiger partial charge is 0.259 e. The van der Waals surface area contributed by atoms with Gasteiger partial charge in [-0.05, 0) is 36.6 Å². The van der Waals surface area contributed by atoms with Crippen LogP contribution in [0.4, 0.5) is 5.69 Å². The number of halogens is 1. The monoisotopic (exact) mass is 305 g/mol. The van der Waals surface area contributed by atoms with Crippen LogP contribution in [0.5, 0.6) is 0 Å². The van der Waals surface area contributed by atoms with Crippen molar-refractivity contribution in [1.82, 2.24) is 0 Å². The number of thiophene rings is 1. The predicted molar refractivity (Wildman–Crippen MR) is 81.1 cm³/mol. The molecule has 0 atom stereocenters. The molecule has 5 heteroatoms. The third-order valence-corrected chi connectivity index (χ3v) is 4.53. The number of aryl methyl sites for hydroxylation is 1. The average molecular weight is 306 g/mol. The number of carbonyl (C=O) groups is 2. The van der Waals surface area contributed by atoms with Gasteiger partial charge in [0, 0.05) is 28.4 Å². The average Bonchev–Trinajstić information content (AvgIpc) is 2.84. The Labute approximate surface area is 125 Å². The quantitative estimate of drug-likeness (QED) is 0.800. The molecule has 0 aliphatic carbocycles. The summed E-state index contributed by atoms with van der Waals surface area (Å²) in [5.41, 5.74) is 1.88. The van der Waals surface area contributed by atoms with E-state index in [1.165, 1.54) is 0 Å². The molecule has 0 saturated heterocycles. The van der Waals surface area contributed by atoms with Crippen LogP contribution < -0.4 is 4.90 Å². The summed E-state index contributed by atoms with van der Waals surface area (Å²) in [5.74, 6) is -0.0116. The van der Waals surface area contributed by atoms with E-state index < -0.39 is 0 Å². The number of carbonyl (C=O) groups excluding carboxylic acids is 2. The molecule has 1 aliphatic rings. The second kappa shape index (κ2) is 5.04. The molecule has 0 saturated carbocycles. The van der Waals surface area contributed by atoms with Gasteiger partial charge in [-0.15, -0.1) is 11.3 Å². The summed E-state index contributed by atoms with van der Waals surface area (Å²) >= 11 is 7.54. The fourth-order valence-electron chi connectivity index (χ4n) is 2.40. The van der Waals surface area contributed by atoms with E-state index in [1.54, 1.807) is 34.4 Å². The van der Waals surface area contributed by atoms with Gasteiger partial charge < -0.3 is 4.90 Å². The van der Waals surface area contributed by atoms with Crippen molar-refractivity contribution in [2.75, 3.05) is 11.4 Å². The first kappa shape index (κ1) is 13.3. The van der Waals surface area contributed by atoms with Crippen molar-refractivity contribution in [3.63, 3.8) is 0 Å². The Kier molecular flexibility index (Phi) is 3.36. The Bertz CT molecular complexity index is 708. The zero-order valence-corrected chi connectivity index (χ0v) is 12.4. The Morgan fingerprint density at radius 3 is 2.85 bits per heavy atom. The van der Waals surface area contributed by atoms with Gasteiger partial charge >= 0.3 is 0 Å². The molecule has 102 valence electrons. The van der Waals surface area contributed by atoms with Crippen LogP contribution in [0.25, 0.3) is 0 Å². The number of hydrogen-bond acceptors (Lipinski definition) is 3. The van der Waals surface area contributed by atoms with Gasteiger partial charge in [0.2, 0.25) is 0 Å². The van der Waals surface area contributed by atoms with Gasteiger partial charge in [-0.3, -0.25) is 9.59 Å². The van der Waals surface area contributed by atoms with Crippen LogP contribution in [0, 0.1) is 6.92 Å². The zero-order chi connectivity index (χ0) is 14.3. The third-order valence-electron chi connectivity index (χ3n) is 3.45. The van der Waals surface area contributed by atoms with Gasteiger partial charge in [-0.2, -0.15) is 0 Å². The number of benzene rings is 1. The van der Waals surface area contributed by atoms with Crippen LogP contribution in [0.3, 0.4) is 0 Å². The third kappa shape index (κ3) is 2.15. The molecule has 1 aromatic carbocycles. The summed E-state index contributed by atoms with van der Waals surface area (Å²) in [4.78, 5) is 27.2. The van der Waals surface area contributed by atoms with Crippen molar-refractivity contribution in [3.05, 3.63) is 50.7 Å². The van der Waals surface area contributed by atoms with E-state index in [9.17, 15) is 9.59 Å². The second-order valence-corrected chi connectivity index (χ2v) is 6.24. The molecule has 0 radical (unpaired) electrons. The lowest BCUT2D eigenvalue weighted by atomic mass is 9.99. The first-order chi connectivity index (χ1) is 9.58. The second-order valence-electron chi connectivity index (χ2n) is 4.68. The Balaban J connectivity index is 2.07. The van der Waals surface area contributed by atoms with Crippen LogP contribution in [-0.4, -0.2) is 18.2 Å². The highest BCUT2D eigenvalue weighted by atomic mass is 35.5. The molecule has 0 bridgehead atoms. The minimum Gasteiger partial charge on any atom is -0.307 e. The van der Waals surface area contributed by atoms with E-state index in [0.717, 1.165) is 4.88 Å². The van der Waals surface area contributed by atoms with E-state index in [-0.39, 0.29) is 11.7 Å². The number of anilines is 1. The van der Waals surface area contributed by atoms with Crippen molar-refractivity contribution in [2.24, 2.45) is 0 Å². The van der Waals surface area contributed by atoms with Crippen molar-refractivity contribution in [3.8, 4) is 0 Å². The van der Waals surface area contributed by atoms with Gasteiger partial charge in [0.05, 0.1) is 11.3 Å². The lowest BCUT2D eigenvalue weighted by molar-refractivity contribution is 0.0955. The van der Waals surface area contributed by atoms with Gasteiger partial charge in [-0.1, -0.05) is 11.6 Å². The molecule has 1 aliphatic heterocycles. The zero-order valence-electron chi connectivity index (χ0n) is 10.9. The maximum atomic E-state index is 12.6. The maximum Gasteiger partial charge on any atom is 0.259 e. The van der Waals surface area contributed by atoms with Crippen LogP contribution >= 0.6 is 22.9 Å². The Hall–Kier alpha value is -1.65. The van der Waals surface area contributed by atoms with Crippen molar-refractivity contribution < 1.29 is 9.59 Å². The Morgan fingerprint density at radius 2 is 2.15 bits per heavy atom. The molecule has 2 heterocycles. The minimum atomic E-state index is -0.0697. The standard InChI is InChI=1S/C15H12ClNO2S/c1-9-11(5-7-20-9)15(19)17-6-4-14(18)12-3-2-10(16)8-13(12)17/h2-3,5,7-8H,4,6H2,1H3. The summed E-state index contributed by atoms with van der Waals surface area (Å²) in [7, 11) is 0. The molecule has 3 nitrogen and oxygen atoms in total. The number of hydrogen-bond donors (Lipinski definition) is 0. The summed E-state index contributed by atoms with van der Waals surface area (Å²) in [6.45, 7) is 2.33. The highest BCUT2D eigenvalue weighted by Gasteiger charge is 2.28. The maximum absolute atomic E-state index is 12.6. The molecule has 2 aromatic rings. The molecule has 0 spiro atoms. The van der Waals surface area contributed by atoms with E-state index >= 15 is 0 Å². The summed E-state index contributed by atoms with van der Waals surface area (Å²) < 4.78 is 0. The van der Waals surface area contributed by atoms with E-state index in [0.29, 0.717) is 34.8 Å². The minimum absolute atomic E-state index is 0.0581. The topological polar surface area (TPSA) is 37.4 Å². The molecular weight excluding hydrogens is 294 g/mol. The van der Waals surface area contributed by atoms with Gasteiger partial charge in [-0.25, -0.2) is 0 Å². The van der Waals surface area contributed by atoms with Crippen LogP contribution in [0.15, 0.2) is 29.6 Å². The fourth-order valence-corrected chi connectivity index (χ4v) is 3.25. The number of nitrogens with zero attached hydrogens (tertiary/aromatic N) is 1. The molecule has 1 amide bonds. The van der Waals surface area contributed by atoms with E-state index in [2.05, 4.69) is 0 Å². The molecule has 0 N–H and O–H groups in total. The van der Waals surface area contributed by atoms with E-state index in [4.69, 9.17) is 11.6 Å². The lowest BCUT2D eigenvalue weighted by Crippen LogP contribution is -2.37. The number of fused-ring (bicyclic) bond motifs is 1. The fraction of sp³-hybridized carbons (Fsp3) is 0.200. The van der Waals surface area contributed by atoms with Gasteiger partial charge in [0.1, 0.15) is 0 Å². The van der Waals surface area contributed by atoms with Crippen LogP contribution in [-0.2, 0) is 0 Å². The number of ketones is 1. The Morgan fingerprint density at radius 1 is 1.35 bits per heavy atom. The molecule has 20 heavy (non-hydrogen) atoms. The van der Waals surface area contributed by atoms with Crippen LogP contribution in [0.2, 0.25) is 5.02 Å². The molecule has 0 unspecified atom stereocenters. The highest BCUT2D eigenvalue weighted by molar-refractivity contribution is 7.10. The SMILES string of the molecule is Cc1sccc1C(=O)N1CCC(=O)c2ccc(Cl)cc21. The number of amides is 1. The normalized spacial score (nSPS) is 14.3. The summed E-state index contributed by atoms with van der Waals surface area (Å²) in [5, 5.41) is 2.43. The van der Waals surface area contributed by atoms with Crippen LogP contribution in [0.1, 0.15) is 32.0 Å². The van der Waals surface area contributed by atoms with E-state index in [1.807, 2.05) is 18.4 Å². The lowest BCUT2D eigenvalue weighted by Gasteiger charge is -2.28. The number of Topliss-reactive ketones (excluding diaryl/α,β-unsaturated/α-hetero) is 1. The number of rotatable bonds is 1.